The molecule has 1 atom stereocenters. The summed E-state index contributed by atoms with van der Waals surface area (Å²) in [7, 11) is 4.68. The normalized spacial score (nSPS) is 11.4. The minimum Gasteiger partial charge on any atom is -0.497 e. The Morgan fingerprint density at radius 1 is 0.828 bits per heavy atom. The van der Waals surface area contributed by atoms with Gasteiger partial charge in [0.25, 0.3) is 5.91 Å². The van der Waals surface area contributed by atoms with Crippen molar-refractivity contribution in [3.05, 3.63) is 89.2 Å². The van der Waals surface area contributed by atoms with E-state index in [0.717, 1.165) is 11.1 Å². The Hall–Kier alpha value is -3.54. The third-order valence-corrected chi connectivity index (χ3v) is 4.58. The van der Waals surface area contributed by atoms with Crippen molar-refractivity contribution in [2.45, 2.75) is 6.04 Å². The summed E-state index contributed by atoms with van der Waals surface area (Å²) < 4.78 is 30.0. The lowest BCUT2D eigenvalue weighted by Gasteiger charge is -2.21. The molecule has 0 unspecified atom stereocenters. The molecule has 0 radical (unpaired) electrons. The SMILES string of the molecule is COc1ccc([C@@H](NC(=O)c2ccccc2F)c2ccc(OC)c(OC)c2)cc1. The van der Waals surface area contributed by atoms with Gasteiger partial charge < -0.3 is 19.5 Å². The first-order valence-electron chi connectivity index (χ1n) is 8.98. The van der Waals surface area contributed by atoms with Crippen molar-refractivity contribution in [1.82, 2.24) is 5.32 Å². The predicted octanol–water partition coefficient (Wildman–Crippen LogP) is 4.37. The molecule has 1 N–H and O–H groups in total. The monoisotopic (exact) mass is 395 g/mol. The van der Waals surface area contributed by atoms with E-state index in [4.69, 9.17) is 14.2 Å². The van der Waals surface area contributed by atoms with Crippen LogP contribution in [0.1, 0.15) is 27.5 Å². The van der Waals surface area contributed by atoms with Crippen LogP contribution >= 0.6 is 0 Å². The summed E-state index contributed by atoms with van der Waals surface area (Å²) in [5.74, 6) is 0.707. The van der Waals surface area contributed by atoms with E-state index in [9.17, 15) is 9.18 Å². The van der Waals surface area contributed by atoms with Crippen molar-refractivity contribution in [1.29, 1.82) is 0 Å². The molecule has 29 heavy (non-hydrogen) atoms. The lowest BCUT2D eigenvalue weighted by molar-refractivity contribution is 0.0939. The minimum absolute atomic E-state index is 0.0218. The largest absolute Gasteiger partial charge is 0.497 e. The molecule has 0 saturated carbocycles. The summed E-state index contributed by atoms with van der Waals surface area (Å²) in [6.45, 7) is 0. The van der Waals surface area contributed by atoms with Crippen LogP contribution < -0.4 is 19.5 Å². The summed E-state index contributed by atoms with van der Waals surface area (Å²) in [5, 5.41) is 2.92. The first-order chi connectivity index (χ1) is 14.1. The molecule has 6 heteroatoms. The van der Waals surface area contributed by atoms with Crippen LogP contribution in [0.5, 0.6) is 17.2 Å². The maximum Gasteiger partial charge on any atom is 0.255 e. The van der Waals surface area contributed by atoms with Crippen LogP contribution in [0.25, 0.3) is 0 Å². The quantitative estimate of drug-likeness (QED) is 0.645. The van der Waals surface area contributed by atoms with Crippen LogP contribution in [0.3, 0.4) is 0 Å². The van der Waals surface area contributed by atoms with E-state index >= 15 is 0 Å². The Labute approximate surface area is 169 Å². The average molecular weight is 395 g/mol. The molecule has 3 aromatic carbocycles. The molecule has 0 aliphatic heterocycles. The standard InChI is InChI=1S/C23H22FNO4/c1-27-17-11-8-15(9-12-17)22(16-10-13-20(28-2)21(14-16)29-3)25-23(26)18-6-4-5-7-19(18)24/h4-14,22H,1-3H3,(H,25,26)/t22-/m1/s1. The van der Waals surface area contributed by atoms with Crippen molar-refractivity contribution in [3.63, 3.8) is 0 Å². The number of nitrogens with one attached hydrogen (secondary N) is 1. The highest BCUT2D eigenvalue weighted by molar-refractivity contribution is 5.95. The van der Waals surface area contributed by atoms with Crippen LogP contribution in [-0.4, -0.2) is 27.2 Å². The first kappa shape index (κ1) is 20.2. The predicted molar refractivity (Wildman–Crippen MR) is 108 cm³/mol. The number of benzene rings is 3. The number of amides is 1. The van der Waals surface area contributed by atoms with E-state index in [1.807, 2.05) is 18.2 Å². The zero-order valence-corrected chi connectivity index (χ0v) is 16.4. The van der Waals surface area contributed by atoms with Gasteiger partial charge in [-0.3, -0.25) is 4.79 Å². The number of methoxy groups -OCH3 is 3. The Morgan fingerprint density at radius 3 is 2.10 bits per heavy atom. The first-order valence-corrected chi connectivity index (χ1v) is 8.98. The van der Waals surface area contributed by atoms with E-state index in [1.54, 1.807) is 57.7 Å². The van der Waals surface area contributed by atoms with Gasteiger partial charge >= 0.3 is 0 Å². The van der Waals surface area contributed by atoms with E-state index < -0.39 is 17.8 Å². The van der Waals surface area contributed by atoms with Crippen molar-refractivity contribution < 1.29 is 23.4 Å². The van der Waals surface area contributed by atoms with Crippen LogP contribution in [0, 0.1) is 5.82 Å². The topological polar surface area (TPSA) is 56.8 Å². The van der Waals surface area contributed by atoms with Gasteiger partial charge in [-0.2, -0.15) is 0 Å². The Kier molecular flexibility index (Phi) is 6.34. The van der Waals surface area contributed by atoms with Gasteiger partial charge in [0.2, 0.25) is 0 Å². The average Bonchev–Trinajstić information content (AvgIpc) is 2.77. The molecule has 3 rings (SSSR count). The van der Waals surface area contributed by atoms with Crippen LogP contribution in [0.15, 0.2) is 66.7 Å². The molecular weight excluding hydrogens is 373 g/mol. The third-order valence-electron chi connectivity index (χ3n) is 4.58. The second-order valence-electron chi connectivity index (χ2n) is 6.27. The van der Waals surface area contributed by atoms with Gasteiger partial charge in [-0.25, -0.2) is 4.39 Å². The third kappa shape index (κ3) is 4.48. The van der Waals surface area contributed by atoms with Crippen LogP contribution in [0.4, 0.5) is 4.39 Å². The van der Waals surface area contributed by atoms with Gasteiger partial charge in [-0.15, -0.1) is 0 Å². The number of hydrogen-bond acceptors (Lipinski definition) is 4. The summed E-state index contributed by atoms with van der Waals surface area (Å²) in [6.07, 6.45) is 0. The summed E-state index contributed by atoms with van der Waals surface area (Å²) in [5.41, 5.74) is 1.55. The highest BCUT2D eigenvalue weighted by Crippen LogP contribution is 2.33. The van der Waals surface area contributed by atoms with E-state index in [0.29, 0.717) is 17.2 Å². The molecule has 0 heterocycles. The van der Waals surface area contributed by atoms with Gasteiger partial charge in [0, 0.05) is 0 Å². The number of carbonyl (C=O) groups excluding carboxylic acids is 1. The highest BCUT2D eigenvalue weighted by atomic mass is 19.1. The molecular formula is C23H22FNO4. The molecule has 0 bridgehead atoms. The molecule has 0 saturated heterocycles. The number of halogens is 1. The molecule has 0 aliphatic rings. The van der Waals surface area contributed by atoms with E-state index in [2.05, 4.69) is 5.32 Å². The highest BCUT2D eigenvalue weighted by Gasteiger charge is 2.21. The molecule has 150 valence electrons. The summed E-state index contributed by atoms with van der Waals surface area (Å²) in [4.78, 5) is 12.8. The number of ether oxygens (including phenoxy) is 3. The Morgan fingerprint density at radius 2 is 1.48 bits per heavy atom. The summed E-state index contributed by atoms with van der Waals surface area (Å²) >= 11 is 0. The molecule has 0 aromatic heterocycles. The van der Waals surface area contributed by atoms with Crippen molar-refractivity contribution >= 4 is 5.91 Å². The van der Waals surface area contributed by atoms with Gasteiger partial charge in [-0.05, 0) is 47.5 Å². The van der Waals surface area contributed by atoms with Crippen LogP contribution in [-0.2, 0) is 0 Å². The zero-order valence-electron chi connectivity index (χ0n) is 16.4. The molecule has 5 nitrogen and oxygen atoms in total. The van der Waals surface area contributed by atoms with Gasteiger partial charge in [-0.1, -0.05) is 30.3 Å². The van der Waals surface area contributed by atoms with Gasteiger partial charge in [0.1, 0.15) is 11.6 Å². The van der Waals surface area contributed by atoms with Crippen molar-refractivity contribution in [2.24, 2.45) is 0 Å². The fourth-order valence-corrected chi connectivity index (χ4v) is 3.04. The lowest BCUT2D eigenvalue weighted by atomic mass is 9.97. The number of hydrogen-bond donors (Lipinski definition) is 1. The molecule has 0 aliphatic carbocycles. The van der Waals surface area contributed by atoms with Crippen molar-refractivity contribution in [3.8, 4) is 17.2 Å². The zero-order chi connectivity index (χ0) is 20.8. The van der Waals surface area contributed by atoms with Gasteiger partial charge in [0.15, 0.2) is 11.5 Å². The number of carbonyl (C=O) groups is 1. The smallest absolute Gasteiger partial charge is 0.255 e. The molecule has 3 aromatic rings. The maximum absolute atomic E-state index is 14.1. The molecule has 1 amide bonds. The number of rotatable bonds is 7. The fourth-order valence-electron chi connectivity index (χ4n) is 3.04. The molecule has 0 fully saturated rings. The Bertz CT molecular complexity index is 988. The van der Waals surface area contributed by atoms with E-state index in [-0.39, 0.29) is 5.56 Å². The Balaban J connectivity index is 2.02. The second kappa shape index (κ2) is 9.10. The van der Waals surface area contributed by atoms with Gasteiger partial charge in [0.05, 0.1) is 32.9 Å². The van der Waals surface area contributed by atoms with E-state index in [1.165, 1.54) is 12.1 Å². The molecule has 0 spiro atoms. The second-order valence-corrected chi connectivity index (χ2v) is 6.27. The van der Waals surface area contributed by atoms with Crippen LogP contribution in [0.2, 0.25) is 0 Å². The fraction of sp³-hybridized carbons (Fsp3) is 0.174. The van der Waals surface area contributed by atoms with Crippen molar-refractivity contribution in [2.75, 3.05) is 21.3 Å². The lowest BCUT2D eigenvalue weighted by Crippen LogP contribution is -2.30. The minimum atomic E-state index is -0.578. The summed E-state index contributed by atoms with van der Waals surface area (Å²) in [6, 6.07) is 18.0. The maximum atomic E-state index is 14.1.